The first-order valence-corrected chi connectivity index (χ1v) is 12.2. The van der Waals surface area contributed by atoms with Crippen LogP contribution in [0.5, 0.6) is 11.5 Å². The highest BCUT2D eigenvalue weighted by Crippen LogP contribution is 2.31. The van der Waals surface area contributed by atoms with Crippen molar-refractivity contribution in [2.75, 3.05) is 6.54 Å². The van der Waals surface area contributed by atoms with Crippen molar-refractivity contribution < 1.29 is 23.1 Å². The molecule has 0 fully saturated rings. The maximum absolute atomic E-state index is 15.0. The van der Waals surface area contributed by atoms with Crippen LogP contribution in [0.4, 0.5) is 8.78 Å². The summed E-state index contributed by atoms with van der Waals surface area (Å²) in [6.07, 6.45) is 2.98. The number of carbonyl (C=O) groups excluding carboxylic acids is 2. The molecule has 0 N–H and O–H groups in total. The van der Waals surface area contributed by atoms with E-state index in [4.69, 9.17) is 4.74 Å². The Morgan fingerprint density at radius 3 is 2.51 bits per heavy atom. The number of halogens is 2. The number of allylic oxidation sites excluding steroid dienone is 2. The number of nitrogens with zero attached hydrogens (tertiary/aromatic N) is 3. The summed E-state index contributed by atoms with van der Waals surface area (Å²) in [5.41, 5.74) is 4.41. The Hall–Kier alpha value is -4.85. The van der Waals surface area contributed by atoms with Crippen molar-refractivity contribution in [1.82, 2.24) is 9.97 Å². The van der Waals surface area contributed by atoms with Crippen molar-refractivity contribution in [3.8, 4) is 11.5 Å². The number of ether oxygens (including phenoxy) is 1. The molecule has 8 heteroatoms. The largest absolute Gasteiger partial charge is 0.452 e. The molecule has 0 unspecified atom stereocenters. The Bertz CT molecular complexity index is 1720. The highest BCUT2D eigenvalue weighted by atomic mass is 19.1. The molecule has 0 atom stereocenters. The number of hydrogen-bond donors (Lipinski definition) is 0. The molecule has 0 amide bonds. The lowest BCUT2D eigenvalue weighted by Gasteiger charge is -2.17. The van der Waals surface area contributed by atoms with Gasteiger partial charge in [-0.25, -0.2) is 8.78 Å². The van der Waals surface area contributed by atoms with Crippen LogP contribution in [0, 0.1) is 11.6 Å². The van der Waals surface area contributed by atoms with Gasteiger partial charge in [-0.15, -0.1) is 0 Å². The molecule has 2 aromatic carbocycles. The van der Waals surface area contributed by atoms with E-state index in [0.29, 0.717) is 39.1 Å². The molecule has 4 aromatic rings. The average Bonchev–Trinajstić information content (AvgIpc) is 2.91. The lowest BCUT2D eigenvalue weighted by Crippen LogP contribution is -2.30. The van der Waals surface area contributed by atoms with Gasteiger partial charge >= 0.3 is 0 Å². The lowest BCUT2D eigenvalue weighted by molar-refractivity contribution is -0.114. The van der Waals surface area contributed by atoms with Crippen LogP contribution in [0.15, 0.2) is 84.1 Å². The summed E-state index contributed by atoms with van der Waals surface area (Å²) < 4.78 is 34.2. The average molecular weight is 524 g/mol. The molecule has 0 aliphatic carbocycles. The third kappa shape index (κ3) is 5.27. The van der Waals surface area contributed by atoms with E-state index in [0.717, 1.165) is 11.1 Å². The molecule has 0 saturated carbocycles. The predicted octanol–water partition coefficient (Wildman–Crippen LogP) is 6.34. The van der Waals surface area contributed by atoms with Crippen LogP contribution < -0.4 is 4.74 Å². The maximum atomic E-state index is 15.0. The second kappa shape index (κ2) is 10.5. The highest BCUT2D eigenvalue weighted by molar-refractivity contribution is 6.74. The van der Waals surface area contributed by atoms with Gasteiger partial charge in [-0.2, -0.15) is 0 Å². The molecule has 39 heavy (non-hydrogen) atoms. The number of benzene rings is 2. The van der Waals surface area contributed by atoms with Gasteiger partial charge in [0, 0.05) is 30.5 Å². The number of rotatable bonds is 7. The van der Waals surface area contributed by atoms with Crippen LogP contribution in [0.1, 0.15) is 30.5 Å². The SMILES string of the molecule is C=C(C)c1cnc2c(Oc3ccc(CC(=O)C4=NCC(C)=C(c5ccc(F)cc5)C4=O)cc3F)ccnc2c1. The van der Waals surface area contributed by atoms with Gasteiger partial charge in [0.25, 0.3) is 0 Å². The van der Waals surface area contributed by atoms with Gasteiger partial charge in [0.1, 0.15) is 17.0 Å². The monoisotopic (exact) mass is 523 g/mol. The van der Waals surface area contributed by atoms with Crippen molar-refractivity contribution >= 4 is 39.5 Å². The van der Waals surface area contributed by atoms with E-state index in [1.54, 1.807) is 31.5 Å². The smallest absolute Gasteiger partial charge is 0.215 e. The molecule has 1 aliphatic heterocycles. The molecule has 3 heterocycles. The lowest BCUT2D eigenvalue weighted by atomic mass is 9.89. The van der Waals surface area contributed by atoms with E-state index in [1.165, 1.54) is 36.4 Å². The maximum Gasteiger partial charge on any atom is 0.215 e. The number of carbonyl (C=O) groups is 2. The fourth-order valence-corrected chi connectivity index (χ4v) is 4.32. The van der Waals surface area contributed by atoms with E-state index in [1.807, 2.05) is 13.0 Å². The summed E-state index contributed by atoms with van der Waals surface area (Å²) in [7, 11) is 0. The first-order chi connectivity index (χ1) is 18.7. The first kappa shape index (κ1) is 25.8. The molecule has 0 spiro atoms. The van der Waals surface area contributed by atoms with Crippen molar-refractivity contribution in [1.29, 1.82) is 0 Å². The second-order valence-corrected chi connectivity index (χ2v) is 9.30. The van der Waals surface area contributed by atoms with Crippen LogP contribution in [-0.2, 0) is 16.0 Å². The van der Waals surface area contributed by atoms with E-state index in [-0.39, 0.29) is 24.4 Å². The van der Waals surface area contributed by atoms with E-state index >= 15 is 4.39 Å². The molecular formula is C31H23F2N3O3. The molecule has 194 valence electrons. The van der Waals surface area contributed by atoms with Crippen molar-refractivity contribution in [3.05, 3.63) is 107 Å². The van der Waals surface area contributed by atoms with Gasteiger partial charge in [0.2, 0.25) is 5.78 Å². The zero-order chi connectivity index (χ0) is 27.7. The molecule has 0 bridgehead atoms. The predicted molar refractivity (Wildman–Crippen MR) is 146 cm³/mol. The van der Waals surface area contributed by atoms with Crippen molar-refractivity contribution in [2.45, 2.75) is 20.3 Å². The molecule has 0 radical (unpaired) electrons. The quantitative estimate of drug-likeness (QED) is 0.282. The van der Waals surface area contributed by atoms with Crippen LogP contribution in [0.2, 0.25) is 0 Å². The summed E-state index contributed by atoms with van der Waals surface area (Å²) in [5, 5.41) is 0. The standard InChI is InChI=1S/C31H23F2N3O3/c1-17(2)21-14-24-29(36-16-21)27(10-11-34-24)39-26-9-4-19(12-23(26)33)13-25(37)30-31(38)28(18(3)15-35-30)20-5-7-22(32)8-6-20/h4-12,14,16H,1,13,15H2,2-3H3. The minimum atomic E-state index is -0.677. The number of hydrogen-bond acceptors (Lipinski definition) is 6. The molecule has 5 rings (SSSR count). The summed E-state index contributed by atoms with van der Waals surface area (Å²) in [5.74, 6) is -1.88. The van der Waals surface area contributed by atoms with Gasteiger partial charge in [-0.1, -0.05) is 24.8 Å². The highest BCUT2D eigenvalue weighted by Gasteiger charge is 2.29. The second-order valence-electron chi connectivity index (χ2n) is 9.30. The number of dihydropyridines is 1. The Morgan fingerprint density at radius 2 is 1.79 bits per heavy atom. The zero-order valence-electron chi connectivity index (χ0n) is 21.3. The minimum absolute atomic E-state index is 0.0484. The van der Waals surface area contributed by atoms with Gasteiger partial charge < -0.3 is 4.74 Å². The first-order valence-electron chi connectivity index (χ1n) is 12.2. The van der Waals surface area contributed by atoms with Crippen molar-refractivity contribution in [2.24, 2.45) is 4.99 Å². The Balaban J connectivity index is 1.33. The molecule has 6 nitrogen and oxygen atoms in total. The van der Waals surface area contributed by atoms with Crippen LogP contribution in [0.3, 0.4) is 0 Å². The van der Waals surface area contributed by atoms with E-state index < -0.39 is 23.2 Å². The summed E-state index contributed by atoms with van der Waals surface area (Å²) in [4.78, 5) is 39.0. The summed E-state index contributed by atoms with van der Waals surface area (Å²) in [6, 6.07) is 13.1. The topological polar surface area (TPSA) is 81.5 Å². The normalized spacial score (nSPS) is 13.4. The van der Waals surface area contributed by atoms with Gasteiger partial charge in [-0.05, 0) is 72.0 Å². The Kier molecular flexibility index (Phi) is 6.94. The number of pyridine rings is 2. The summed E-state index contributed by atoms with van der Waals surface area (Å²) >= 11 is 0. The third-order valence-electron chi connectivity index (χ3n) is 6.35. The fourth-order valence-electron chi connectivity index (χ4n) is 4.32. The number of aromatic nitrogens is 2. The van der Waals surface area contributed by atoms with Gasteiger partial charge in [-0.3, -0.25) is 24.5 Å². The van der Waals surface area contributed by atoms with Gasteiger partial charge in [0.05, 0.1) is 12.1 Å². The molecule has 0 saturated heterocycles. The summed E-state index contributed by atoms with van der Waals surface area (Å²) in [6.45, 7) is 7.69. The van der Waals surface area contributed by atoms with E-state index in [2.05, 4.69) is 21.5 Å². The molecular weight excluding hydrogens is 500 g/mol. The van der Waals surface area contributed by atoms with Crippen molar-refractivity contribution in [3.63, 3.8) is 0 Å². The third-order valence-corrected chi connectivity index (χ3v) is 6.35. The number of aliphatic imine (C=N–C) groups is 1. The molecule has 2 aromatic heterocycles. The van der Waals surface area contributed by atoms with Crippen LogP contribution >= 0.6 is 0 Å². The number of fused-ring (bicyclic) bond motifs is 1. The fraction of sp³-hybridized carbons (Fsp3) is 0.129. The number of ketones is 2. The van der Waals surface area contributed by atoms with Crippen LogP contribution in [0.25, 0.3) is 22.2 Å². The zero-order valence-corrected chi connectivity index (χ0v) is 21.3. The Morgan fingerprint density at radius 1 is 1.03 bits per heavy atom. The van der Waals surface area contributed by atoms with Gasteiger partial charge in [0.15, 0.2) is 23.1 Å². The van der Waals surface area contributed by atoms with E-state index in [9.17, 15) is 14.0 Å². The number of Topliss-reactive ketones (excluding diaryl/α,β-unsaturated/α-hetero) is 2. The Labute approximate surface area is 223 Å². The minimum Gasteiger partial charge on any atom is -0.452 e. The van der Waals surface area contributed by atoms with Crippen LogP contribution in [-0.4, -0.2) is 33.8 Å². The molecule has 1 aliphatic rings.